The van der Waals surface area contributed by atoms with Crippen molar-refractivity contribution in [3.8, 4) is 0 Å². The summed E-state index contributed by atoms with van der Waals surface area (Å²) in [4.78, 5) is 0. The zero-order valence-corrected chi connectivity index (χ0v) is 11.1. The quantitative estimate of drug-likeness (QED) is 0.869. The van der Waals surface area contributed by atoms with Crippen molar-refractivity contribution < 1.29 is 4.39 Å². The molecule has 2 rings (SSSR count). The summed E-state index contributed by atoms with van der Waals surface area (Å²) in [7, 11) is 0. The third kappa shape index (κ3) is 3.30. The van der Waals surface area contributed by atoms with Crippen molar-refractivity contribution in [1.29, 1.82) is 0 Å². The van der Waals surface area contributed by atoms with E-state index in [4.69, 9.17) is 5.73 Å². The Bertz CT molecular complexity index is 575. The van der Waals surface area contributed by atoms with E-state index in [0.29, 0.717) is 12.0 Å². The highest BCUT2D eigenvalue weighted by atomic mass is 19.1. The van der Waals surface area contributed by atoms with Crippen LogP contribution in [0.5, 0.6) is 0 Å². The lowest BCUT2D eigenvalue weighted by Crippen LogP contribution is -2.10. The first-order chi connectivity index (χ1) is 9.08. The molecule has 0 aliphatic rings. The minimum atomic E-state index is -0.231. The Balaban J connectivity index is 2.13. The van der Waals surface area contributed by atoms with Gasteiger partial charge in [0, 0.05) is 11.6 Å². The summed E-state index contributed by atoms with van der Waals surface area (Å²) < 4.78 is 13.9. The monoisotopic (exact) mass is 255 g/mol. The predicted molar refractivity (Wildman–Crippen MR) is 78.2 cm³/mol. The molecule has 2 N–H and O–H groups in total. The van der Waals surface area contributed by atoms with Gasteiger partial charge in [-0.25, -0.2) is 4.39 Å². The first kappa shape index (κ1) is 13.5. The Morgan fingerprint density at radius 3 is 2.53 bits per heavy atom. The van der Waals surface area contributed by atoms with Crippen molar-refractivity contribution in [3.63, 3.8) is 0 Å². The van der Waals surface area contributed by atoms with Crippen LogP contribution in [-0.2, 0) is 0 Å². The zero-order chi connectivity index (χ0) is 13.8. The summed E-state index contributed by atoms with van der Waals surface area (Å²) in [5.41, 5.74) is 9.36. The number of benzene rings is 2. The molecule has 0 aromatic heterocycles. The van der Waals surface area contributed by atoms with Crippen molar-refractivity contribution in [2.75, 3.05) is 0 Å². The van der Waals surface area contributed by atoms with E-state index in [1.54, 1.807) is 6.07 Å². The average Bonchev–Trinajstić information content (AvgIpc) is 2.39. The molecule has 0 aliphatic carbocycles. The fourth-order valence-electron chi connectivity index (χ4n) is 2.10. The molecular weight excluding hydrogens is 237 g/mol. The second kappa shape index (κ2) is 5.81. The Labute approximate surface area is 113 Å². The molecule has 0 aliphatic heterocycles. The van der Waals surface area contributed by atoms with Crippen LogP contribution in [0.1, 0.15) is 29.2 Å². The molecule has 98 valence electrons. The van der Waals surface area contributed by atoms with Gasteiger partial charge in [0.25, 0.3) is 0 Å². The number of hydrogen-bond donors (Lipinski definition) is 1. The van der Waals surface area contributed by atoms with Gasteiger partial charge in [0.05, 0.1) is 0 Å². The predicted octanol–water partition coefficient (Wildman–Crippen LogP) is 4.24. The normalized spacial score (nSPS) is 12.2. The first-order valence-corrected chi connectivity index (χ1v) is 6.33. The van der Waals surface area contributed by atoms with Crippen LogP contribution in [0.3, 0.4) is 0 Å². The lowest BCUT2D eigenvalue weighted by atomic mass is 9.95. The topological polar surface area (TPSA) is 26.0 Å². The van der Waals surface area contributed by atoms with Gasteiger partial charge < -0.3 is 5.73 Å². The Morgan fingerprint density at radius 1 is 1.21 bits per heavy atom. The molecule has 1 unspecified atom stereocenters. The van der Waals surface area contributed by atoms with E-state index in [1.807, 2.05) is 43.3 Å². The molecule has 2 aromatic rings. The van der Waals surface area contributed by atoms with Crippen molar-refractivity contribution >= 4 is 5.57 Å². The molecule has 0 radical (unpaired) electrons. The molecule has 19 heavy (non-hydrogen) atoms. The van der Waals surface area contributed by atoms with Gasteiger partial charge in [-0.2, -0.15) is 0 Å². The Morgan fingerprint density at radius 2 is 1.89 bits per heavy atom. The molecule has 0 saturated carbocycles. The molecule has 2 aromatic carbocycles. The molecule has 0 amide bonds. The van der Waals surface area contributed by atoms with Crippen LogP contribution >= 0.6 is 0 Å². The molecule has 2 heteroatoms. The lowest BCUT2D eigenvalue weighted by Gasteiger charge is -2.14. The van der Waals surface area contributed by atoms with E-state index in [0.717, 1.165) is 16.7 Å². The summed E-state index contributed by atoms with van der Waals surface area (Å²) in [6.45, 7) is 5.83. The van der Waals surface area contributed by atoms with Crippen LogP contribution in [0.2, 0.25) is 0 Å². The summed E-state index contributed by atoms with van der Waals surface area (Å²) in [5.74, 6) is -0.231. The molecule has 0 heterocycles. The van der Waals surface area contributed by atoms with E-state index >= 15 is 0 Å². The highest BCUT2D eigenvalue weighted by molar-refractivity contribution is 5.64. The first-order valence-electron chi connectivity index (χ1n) is 6.33. The summed E-state index contributed by atoms with van der Waals surface area (Å²) >= 11 is 0. The highest BCUT2D eigenvalue weighted by Crippen LogP contribution is 2.26. The van der Waals surface area contributed by atoms with Crippen LogP contribution in [0, 0.1) is 12.7 Å². The number of nitrogens with two attached hydrogens (primary N) is 1. The minimum absolute atomic E-state index is 0.158. The summed E-state index contributed by atoms with van der Waals surface area (Å²) in [6, 6.07) is 14.8. The van der Waals surface area contributed by atoms with Crippen molar-refractivity contribution in [1.82, 2.24) is 0 Å². The Kier molecular flexibility index (Phi) is 4.13. The van der Waals surface area contributed by atoms with Crippen LogP contribution in [0.25, 0.3) is 5.57 Å². The van der Waals surface area contributed by atoms with Gasteiger partial charge in [0.1, 0.15) is 5.82 Å². The maximum absolute atomic E-state index is 13.9. The maximum atomic E-state index is 13.9. The van der Waals surface area contributed by atoms with Gasteiger partial charge in [0.2, 0.25) is 0 Å². The van der Waals surface area contributed by atoms with Crippen molar-refractivity contribution in [2.45, 2.75) is 19.4 Å². The van der Waals surface area contributed by atoms with Gasteiger partial charge in [0.15, 0.2) is 0 Å². The molecule has 1 atom stereocenters. The van der Waals surface area contributed by atoms with Crippen LogP contribution in [0.15, 0.2) is 55.1 Å². The fraction of sp³-hybridized carbons (Fsp3) is 0.176. The van der Waals surface area contributed by atoms with Crippen molar-refractivity contribution in [2.24, 2.45) is 5.73 Å². The number of hydrogen-bond acceptors (Lipinski definition) is 1. The second-order valence-electron chi connectivity index (χ2n) is 4.81. The van der Waals surface area contributed by atoms with E-state index in [1.165, 1.54) is 6.07 Å². The van der Waals surface area contributed by atoms with E-state index in [9.17, 15) is 4.39 Å². The molecule has 1 nitrogen and oxygen atoms in total. The van der Waals surface area contributed by atoms with Gasteiger partial charge in [-0.05, 0) is 36.1 Å². The standard InChI is InChI=1S/C17H18FN/c1-12-8-9-15(16(18)10-12)13(2)11-17(19)14-6-4-3-5-7-14/h3-10,17H,2,11,19H2,1H3. The van der Waals surface area contributed by atoms with Crippen LogP contribution in [0.4, 0.5) is 4.39 Å². The van der Waals surface area contributed by atoms with Gasteiger partial charge in [-0.3, -0.25) is 0 Å². The van der Waals surface area contributed by atoms with Gasteiger partial charge in [-0.15, -0.1) is 0 Å². The molecule has 0 saturated heterocycles. The molecule has 0 fully saturated rings. The number of halogens is 1. The number of aryl methyl sites for hydroxylation is 1. The molecule has 0 bridgehead atoms. The van der Waals surface area contributed by atoms with E-state index in [2.05, 4.69) is 6.58 Å². The smallest absolute Gasteiger partial charge is 0.130 e. The lowest BCUT2D eigenvalue weighted by molar-refractivity contribution is 0.620. The average molecular weight is 255 g/mol. The third-order valence-corrected chi connectivity index (χ3v) is 3.20. The maximum Gasteiger partial charge on any atom is 0.130 e. The second-order valence-corrected chi connectivity index (χ2v) is 4.81. The summed E-state index contributed by atoms with van der Waals surface area (Å²) in [6.07, 6.45) is 0.546. The number of rotatable bonds is 4. The van der Waals surface area contributed by atoms with Crippen LogP contribution in [-0.4, -0.2) is 0 Å². The fourth-order valence-corrected chi connectivity index (χ4v) is 2.10. The van der Waals surface area contributed by atoms with Crippen molar-refractivity contribution in [3.05, 3.63) is 77.6 Å². The SMILES string of the molecule is C=C(CC(N)c1ccccc1)c1ccc(C)cc1F. The minimum Gasteiger partial charge on any atom is -0.324 e. The highest BCUT2D eigenvalue weighted by Gasteiger charge is 2.11. The summed E-state index contributed by atoms with van der Waals surface area (Å²) in [5, 5.41) is 0. The molecule has 0 spiro atoms. The van der Waals surface area contributed by atoms with E-state index in [-0.39, 0.29) is 11.9 Å². The molecular formula is C17H18FN. The Hall–Kier alpha value is -1.93. The zero-order valence-electron chi connectivity index (χ0n) is 11.1. The van der Waals surface area contributed by atoms with Crippen LogP contribution < -0.4 is 5.73 Å². The van der Waals surface area contributed by atoms with Gasteiger partial charge >= 0.3 is 0 Å². The third-order valence-electron chi connectivity index (χ3n) is 3.20. The van der Waals surface area contributed by atoms with Gasteiger partial charge in [-0.1, -0.05) is 49.0 Å². The van der Waals surface area contributed by atoms with E-state index < -0.39 is 0 Å². The largest absolute Gasteiger partial charge is 0.324 e.